The van der Waals surface area contributed by atoms with Crippen molar-refractivity contribution in [2.75, 3.05) is 40.8 Å². The topological polar surface area (TPSA) is 15.7 Å². The van der Waals surface area contributed by atoms with Crippen molar-refractivity contribution >= 4 is 11.6 Å². The Kier molecular flexibility index (Phi) is 4.15. The molecule has 0 saturated carbocycles. The van der Waals surface area contributed by atoms with E-state index >= 15 is 0 Å². The molecule has 1 saturated heterocycles. The number of hydrogen-bond donors (Lipinski definition) is 0. The van der Waals surface area contributed by atoms with Gasteiger partial charge in [0.1, 0.15) is 5.75 Å². The number of aryl methyl sites for hydroxylation is 1. The fraction of sp³-hybridized carbons (Fsp3) is 0.571. The second-order valence-electron chi connectivity index (χ2n) is 5.10. The van der Waals surface area contributed by atoms with Crippen LogP contribution in [-0.4, -0.2) is 50.6 Å². The monoisotopic (exact) mass is 268 g/mol. The van der Waals surface area contributed by atoms with Crippen molar-refractivity contribution < 1.29 is 4.74 Å². The van der Waals surface area contributed by atoms with Gasteiger partial charge >= 0.3 is 0 Å². The fourth-order valence-corrected chi connectivity index (χ4v) is 2.78. The number of piperazine rings is 1. The lowest BCUT2D eigenvalue weighted by molar-refractivity contribution is 0.114. The molecule has 0 radical (unpaired) electrons. The zero-order valence-electron chi connectivity index (χ0n) is 11.5. The highest BCUT2D eigenvalue weighted by atomic mass is 35.5. The van der Waals surface area contributed by atoms with Crippen molar-refractivity contribution in [1.29, 1.82) is 0 Å². The van der Waals surface area contributed by atoms with Crippen LogP contribution in [0.5, 0.6) is 5.75 Å². The van der Waals surface area contributed by atoms with Crippen LogP contribution >= 0.6 is 11.6 Å². The summed E-state index contributed by atoms with van der Waals surface area (Å²) in [4.78, 5) is 4.76. The maximum Gasteiger partial charge on any atom is 0.137 e. The van der Waals surface area contributed by atoms with Crippen molar-refractivity contribution in [3.05, 3.63) is 28.3 Å². The zero-order chi connectivity index (χ0) is 13.3. The van der Waals surface area contributed by atoms with E-state index in [0.29, 0.717) is 11.1 Å². The molecule has 2 rings (SSSR count). The van der Waals surface area contributed by atoms with Gasteiger partial charge in [0.2, 0.25) is 0 Å². The Morgan fingerprint density at radius 1 is 1.28 bits per heavy atom. The highest BCUT2D eigenvalue weighted by Crippen LogP contribution is 2.33. The van der Waals surface area contributed by atoms with E-state index in [0.717, 1.165) is 25.4 Å². The fourth-order valence-electron chi connectivity index (χ4n) is 2.53. The standard InChI is InChI=1S/C14H21ClN2O/c1-10-7-14(18-4)12(15)8-11(10)13-9-16(2)5-6-17(13)3/h7-8,13H,5-6,9H2,1-4H3. The second-order valence-corrected chi connectivity index (χ2v) is 5.51. The Balaban J connectivity index is 2.34. The molecule has 1 aliphatic heterocycles. The molecule has 1 aromatic carbocycles. The number of ether oxygens (including phenoxy) is 1. The van der Waals surface area contributed by atoms with Gasteiger partial charge in [-0.1, -0.05) is 11.6 Å². The van der Waals surface area contributed by atoms with E-state index in [-0.39, 0.29) is 0 Å². The van der Waals surface area contributed by atoms with Crippen molar-refractivity contribution in [2.45, 2.75) is 13.0 Å². The van der Waals surface area contributed by atoms with Gasteiger partial charge in [-0.2, -0.15) is 0 Å². The number of hydrogen-bond acceptors (Lipinski definition) is 3. The predicted molar refractivity (Wildman–Crippen MR) is 75.6 cm³/mol. The summed E-state index contributed by atoms with van der Waals surface area (Å²) in [6.07, 6.45) is 0. The quantitative estimate of drug-likeness (QED) is 0.820. The molecular formula is C14H21ClN2O. The van der Waals surface area contributed by atoms with Crippen molar-refractivity contribution in [2.24, 2.45) is 0 Å². The maximum absolute atomic E-state index is 6.25. The van der Waals surface area contributed by atoms with Gasteiger partial charge in [0, 0.05) is 25.7 Å². The highest BCUT2D eigenvalue weighted by molar-refractivity contribution is 6.32. The average molecular weight is 269 g/mol. The molecule has 0 N–H and O–H groups in total. The third-order valence-corrected chi connectivity index (χ3v) is 4.05. The summed E-state index contributed by atoms with van der Waals surface area (Å²) in [5.74, 6) is 0.754. The molecule has 0 aliphatic carbocycles. The maximum atomic E-state index is 6.25. The lowest BCUT2D eigenvalue weighted by Gasteiger charge is -2.38. The van der Waals surface area contributed by atoms with E-state index in [9.17, 15) is 0 Å². The first-order valence-corrected chi connectivity index (χ1v) is 6.63. The van der Waals surface area contributed by atoms with Gasteiger partial charge in [-0.25, -0.2) is 0 Å². The van der Waals surface area contributed by atoms with E-state index in [1.54, 1.807) is 7.11 Å². The van der Waals surface area contributed by atoms with Crippen LogP contribution in [0, 0.1) is 6.92 Å². The smallest absolute Gasteiger partial charge is 0.137 e. The van der Waals surface area contributed by atoms with Crippen LogP contribution in [0.3, 0.4) is 0 Å². The van der Waals surface area contributed by atoms with Gasteiger partial charge in [0.15, 0.2) is 0 Å². The highest BCUT2D eigenvalue weighted by Gasteiger charge is 2.25. The van der Waals surface area contributed by atoms with E-state index in [2.05, 4.69) is 36.9 Å². The molecule has 100 valence electrons. The molecule has 0 amide bonds. The van der Waals surface area contributed by atoms with Crippen molar-refractivity contribution in [3.63, 3.8) is 0 Å². The van der Waals surface area contributed by atoms with Crippen LogP contribution in [0.15, 0.2) is 12.1 Å². The van der Waals surface area contributed by atoms with Gasteiger partial charge < -0.3 is 9.64 Å². The lowest BCUT2D eigenvalue weighted by Crippen LogP contribution is -2.44. The second kappa shape index (κ2) is 5.47. The molecule has 0 aromatic heterocycles. The molecule has 1 heterocycles. The predicted octanol–water partition coefficient (Wildman–Crippen LogP) is 2.58. The van der Waals surface area contributed by atoms with Gasteiger partial charge in [-0.15, -0.1) is 0 Å². The van der Waals surface area contributed by atoms with Crippen LogP contribution in [0.25, 0.3) is 0 Å². The number of likely N-dealkylation sites (N-methyl/N-ethyl adjacent to an activating group) is 2. The van der Waals surface area contributed by atoms with Crippen molar-refractivity contribution in [1.82, 2.24) is 9.80 Å². The minimum Gasteiger partial charge on any atom is -0.495 e. The first kappa shape index (κ1) is 13.7. The zero-order valence-corrected chi connectivity index (χ0v) is 12.3. The third kappa shape index (κ3) is 2.63. The van der Waals surface area contributed by atoms with Crippen molar-refractivity contribution in [3.8, 4) is 5.75 Å². The summed E-state index contributed by atoms with van der Waals surface area (Å²) in [5.41, 5.74) is 2.54. The van der Waals surface area contributed by atoms with Crippen LogP contribution in [0.4, 0.5) is 0 Å². The molecular weight excluding hydrogens is 248 g/mol. The number of halogens is 1. The molecule has 18 heavy (non-hydrogen) atoms. The van der Waals surface area contributed by atoms with Gasteiger partial charge in [0.25, 0.3) is 0 Å². The number of rotatable bonds is 2. The lowest BCUT2D eigenvalue weighted by atomic mass is 9.98. The SMILES string of the molecule is COc1cc(C)c(C2CN(C)CCN2C)cc1Cl. The average Bonchev–Trinajstić information content (AvgIpc) is 2.35. The Bertz CT molecular complexity index is 436. The molecule has 1 aliphatic rings. The van der Waals surface area contributed by atoms with Crippen LogP contribution in [-0.2, 0) is 0 Å². The summed E-state index contributed by atoms with van der Waals surface area (Å²) in [7, 11) is 6.00. The number of methoxy groups -OCH3 is 1. The summed E-state index contributed by atoms with van der Waals surface area (Å²) < 4.78 is 5.26. The summed E-state index contributed by atoms with van der Waals surface area (Å²) in [5, 5.41) is 0.694. The van der Waals surface area contributed by atoms with E-state index < -0.39 is 0 Å². The van der Waals surface area contributed by atoms with Gasteiger partial charge in [0.05, 0.1) is 12.1 Å². The molecule has 3 nitrogen and oxygen atoms in total. The normalized spacial score (nSPS) is 22.2. The molecule has 4 heteroatoms. The van der Waals surface area contributed by atoms with E-state index in [1.165, 1.54) is 11.1 Å². The Morgan fingerprint density at radius 3 is 2.67 bits per heavy atom. The molecule has 1 aromatic rings. The van der Waals surface area contributed by atoms with Crippen LogP contribution in [0.2, 0.25) is 5.02 Å². The summed E-state index contributed by atoms with van der Waals surface area (Å²) in [6.45, 7) is 5.37. The molecule has 1 unspecified atom stereocenters. The first-order chi connectivity index (χ1) is 8.52. The molecule has 0 bridgehead atoms. The van der Waals surface area contributed by atoms with Gasteiger partial charge in [-0.3, -0.25) is 4.90 Å². The molecule has 1 atom stereocenters. The van der Waals surface area contributed by atoms with Crippen LogP contribution < -0.4 is 4.74 Å². The summed E-state index contributed by atoms with van der Waals surface area (Å²) in [6, 6.07) is 4.49. The Morgan fingerprint density at radius 2 is 2.00 bits per heavy atom. The van der Waals surface area contributed by atoms with Gasteiger partial charge in [-0.05, 0) is 44.3 Å². The number of benzene rings is 1. The van der Waals surface area contributed by atoms with E-state index in [4.69, 9.17) is 16.3 Å². The Labute approximate surface area is 114 Å². The first-order valence-electron chi connectivity index (χ1n) is 6.25. The van der Waals surface area contributed by atoms with Crippen LogP contribution in [0.1, 0.15) is 17.2 Å². The number of nitrogens with zero attached hydrogens (tertiary/aromatic N) is 2. The summed E-state index contributed by atoms with van der Waals surface area (Å²) >= 11 is 6.25. The minimum atomic E-state index is 0.409. The minimum absolute atomic E-state index is 0.409. The third-order valence-electron chi connectivity index (χ3n) is 3.75. The largest absolute Gasteiger partial charge is 0.495 e. The molecule has 0 spiro atoms. The molecule has 1 fully saturated rings. The van der Waals surface area contributed by atoms with E-state index in [1.807, 2.05) is 6.07 Å². The Hall–Kier alpha value is -0.770.